The fraction of sp³-hybridized carbons (Fsp3) is 0.353. The summed E-state index contributed by atoms with van der Waals surface area (Å²) in [5.41, 5.74) is 0.860. The fourth-order valence-electron chi connectivity index (χ4n) is 2.97. The van der Waals surface area contributed by atoms with E-state index in [1.54, 1.807) is 4.90 Å². The normalized spacial score (nSPS) is 17.4. The highest BCUT2D eigenvalue weighted by molar-refractivity contribution is 7.15. The molecule has 1 saturated heterocycles. The van der Waals surface area contributed by atoms with Gasteiger partial charge in [0.2, 0.25) is 16.9 Å². The Hall–Kier alpha value is -2.81. The van der Waals surface area contributed by atoms with Crippen molar-refractivity contribution in [1.82, 2.24) is 20.4 Å². The summed E-state index contributed by atoms with van der Waals surface area (Å²) in [5, 5.41) is 20.2. The van der Waals surface area contributed by atoms with Crippen molar-refractivity contribution in [3.8, 4) is 0 Å². The van der Waals surface area contributed by atoms with Gasteiger partial charge in [0.1, 0.15) is 5.01 Å². The second-order valence-corrected chi connectivity index (χ2v) is 7.60. The van der Waals surface area contributed by atoms with Gasteiger partial charge in [-0.1, -0.05) is 37.3 Å². The van der Waals surface area contributed by atoms with Crippen LogP contribution in [0.15, 0.2) is 24.3 Å². The van der Waals surface area contributed by atoms with Gasteiger partial charge in [0.25, 0.3) is 0 Å². The fourth-order valence-corrected chi connectivity index (χ4v) is 3.72. The summed E-state index contributed by atoms with van der Waals surface area (Å²) in [6.07, 6.45) is 0.156. The lowest BCUT2D eigenvalue weighted by atomic mass is 10.1. The summed E-state index contributed by atoms with van der Waals surface area (Å²) in [6, 6.07) is 7.61. The molecule has 1 atom stereocenters. The van der Waals surface area contributed by atoms with Gasteiger partial charge < -0.3 is 5.32 Å². The first-order chi connectivity index (χ1) is 12.5. The number of nitrogens with zero attached hydrogens (tertiary/aromatic N) is 4. The highest BCUT2D eigenvalue weighted by Gasteiger charge is 2.37. The third-order valence-electron chi connectivity index (χ3n) is 4.37. The van der Waals surface area contributed by atoms with Gasteiger partial charge in [0.05, 0.1) is 11.4 Å². The van der Waals surface area contributed by atoms with E-state index >= 15 is 0 Å². The summed E-state index contributed by atoms with van der Waals surface area (Å²) < 4.78 is 0. The number of nitrogens with one attached hydrogen (secondary N) is 2. The van der Waals surface area contributed by atoms with E-state index in [0.717, 1.165) is 15.9 Å². The molecule has 3 heterocycles. The minimum atomic E-state index is -0.440. The van der Waals surface area contributed by atoms with Crippen LogP contribution in [0.3, 0.4) is 0 Å². The first kappa shape index (κ1) is 16.6. The summed E-state index contributed by atoms with van der Waals surface area (Å²) in [7, 11) is 0. The molecule has 1 aliphatic rings. The quantitative estimate of drug-likeness (QED) is 0.734. The molecule has 2 N–H and O–H groups in total. The SMILES string of the molecule is CC(C)c1nnc(NC(=O)C2CC(=O)N(c3n[nH]c4ccccc34)C2)s1. The van der Waals surface area contributed by atoms with E-state index in [4.69, 9.17) is 0 Å². The van der Waals surface area contributed by atoms with E-state index < -0.39 is 5.92 Å². The van der Waals surface area contributed by atoms with E-state index in [0.29, 0.717) is 17.5 Å². The van der Waals surface area contributed by atoms with E-state index in [2.05, 4.69) is 25.7 Å². The van der Waals surface area contributed by atoms with Crippen LogP contribution in [0, 0.1) is 5.92 Å². The predicted molar refractivity (Wildman–Crippen MR) is 99.2 cm³/mol. The minimum absolute atomic E-state index is 0.109. The third-order valence-corrected chi connectivity index (χ3v) is 5.51. The molecule has 2 amide bonds. The van der Waals surface area contributed by atoms with Gasteiger partial charge in [-0.3, -0.25) is 19.6 Å². The highest BCUT2D eigenvalue weighted by atomic mass is 32.1. The van der Waals surface area contributed by atoms with Crippen LogP contribution >= 0.6 is 11.3 Å². The van der Waals surface area contributed by atoms with Crippen molar-refractivity contribution in [2.24, 2.45) is 5.92 Å². The van der Waals surface area contributed by atoms with E-state index in [9.17, 15) is 9.59 Å². The van der Waals surface area contributed by atoms with Gasteiger partial charge in [0, 0.05) is 24.3 Å². The van der Waals surface area contributed by atoms with Gasteiger partial charge in [-0.05, 0) is 12.1 Å². The molecule has 1 unspecified atom stereocenters. The number of anilines is 2. The molecule has 2 aromatic heterocycles. The van der Waals surface area contributed by atoms with Gasteiger partial charge in [-0.15, -0.1) is 10.2 Å². The Morgan fingerprint density at radius 3 is 2.92 bits per heavy atom. The molecular formula is C17H18N6O2S. The van der Waals surface area contributed by atoms with Gasteiger partial charge in [-0.2, -0.15) is 5.10 Å². The predicted octanol–water partition coefficient (Wildman–Crippen LogP) is 2.53. The summed E-state index contributed by atoms with van der Waals surface area (Å²) in [4.78, 5) is 26.6. The van der Waals surface area contributed by atoms with Crippen molar-refractivity contribution in [3.05, 3.63) is 29.3 Å². The zero-order chi connectivity index (χ0) is 18.3. The maximum Gasteiger partial charge on any atom is 0.231 e. The number of H-pyrrole nitrogens is 1. The van der Waals surface area contributed by atoms with Gasteiger partial charge in [0.15, 0.2) is 5.82 Å². The van der Waals surface area contributed by atoms with E-state index in [-0.39, 0.29) is 24.2 Å². The molecule has 4 rings (SSSR count). The monoisotopic (exact) mass is 370 g/mol. The van der Waals surface area contributed by atoms with Crippen molar-refractivity contribution >= 4 is 45.0 Å². The molecule has 1 fully saturated rings. The molecule has 9 heteroatoms. The van der Waals surface area contributed by atoms with Crippen molar-refractivity contribution in [2.45, 2.75) is 26.2 Å². The Labute approximate surface area is 153 Å². The molecule has 26 heavy (non-hydrogen) atoms. The summed E-state index contributed by atoms with van der Waals surface area (Å²) in [6.45, 7) is 4.34. The van der Waals surface area contributed by atoms with Crippen LogP contribution < -0.4 is 10.2 Å². The number of amides is 2. The highest BCUT2D eigenvalue weighted by Crippen LogP contribution is 2.30. The largest absolute Gasteiger partial charge is 0.300 e. The second kappa shape index (κ2) is 6.49. The van der Waals surface area contributed by atoms with Crippen LogP contribution in [0.5, 0.6) is 0 Å². The number of benzene rings is 1. The second-order valence-electron chi connectivity index (χ2n) is 6.59. The molecule has 0 radical (unpaired) electrons. The molecule has 0 spiro atoms. The standard InChI is InChI=1S/C17H18N6O2S/c1-9(2)16-21-22-17(26-16)18-15(25)10-7-13(24)23(8-10)14-11-5-3-4-6-12(11)19-20-14/h3-6,9-10H,7-8H2,1-2H3,(H,19,20)(H,18,22,25). The molecule has 1 aromatic carbocycles. The topological polar surface area (TPSA) is 104 Å². The van der Waals surface area contributed by atoms with Gasteiger partial charge >= 0.3 is 0 Å². The molecule has 3 aromatic rings. The maximum absolute atomic E-state index is 12.5. The van der Waals surface area contributed by atoms with Crippen LogP contribution in [-0.2, 0) is 9.59 Å². The van der Waals surface area contributed by atoms with Crippen LogP contribution in [-0.4, -0.2) is 38.8 Å². The molecule has 8 nitrogen and oxygen atoms in total. The van der Waals surface area contributed by atoms with Crippen molar-refractivity contribution in [1.29, 1.82) is 0 Å². The lowest BCUT2D eigenvalue weighted by Gasteiger charge is -2.13. The van der Waals surface area contributed by atoms with Crippen molar-refractivity contribution in [3.63, 3.8) is 0 Å². The smallest absolute Gasteiger partial charge is 0.231 e. The summed E-state index contributed by atoms with van der Waals surface area (Å²) in [5.74, 6) is 0.0626. The number of rotatable bonds is 4. The van der Waals surface area contributed by atoms with E-state index in [1.165, 1.54) is 11.3 Å². The molecule has 1 aliphatic heterocycles. The first-order valence-electron chi connectivity index (χ1n) is 8.40. The van der Waals surface area contributed by atoms with Crippen molar-refractivity contribution in [2.75, 3.05) is 16.8 Å². The Morgan fingerprint density at radius 1 is 1.35 bits per heavy atom. The lowest BCUT2D eigenvalue weighted by Crippen LogP contribution is -2.28. The zero-order valence-electron chi connectivity index (χ0n) is 14.4. The number of carbonyl (C=O) groups excluding carboxylic acids is 2. The van der Waals surface area contributed by atoms with Crippen LogP contribution in [0.25, 0.3) is 10.9 Å². The minimum Gasteiger partial charge on any atom is -0.300 e. The van der Waals surface area contributed by atoms with Gasteiger partial charge in [-0.25, -0.2) is 0 Å². The van der Waals surface area contributed by atoms with Crippen molar-refractivity contribution < 1.29 is 9.59 Å². The Balaban J connectivity index is 1.49. The molecule has 0 bridgehead atoms. The average Bonchev–Trinajstić information content (AvgIpc) is 3.32. The summed E-state index contributed by atoms with van der Waals surface area (Å²) >= 11 is 1.36. The number of hydrogen-bond acceptors (Lipinski definition) is 6. The molecule has 0 aliphatic carbocycles. The van der Waals surface area contributed by atoms with E-state index in [1.807, 2.05) is 38.1 Å². The molecule has 0 saturated carbocycles. The molecule has 134 valence electrons. The number of aromatic nitrogens is 4. The van der Waals surface area contributed by atoms with Crippen LogP contribution in [0.4, 0.5) is 10.9 Å². The third kappa shape index (κ3) is 2.94. The maximum atomic E-state index is 12.5. The Morgan fingerprint density at radius 2 is 2.15 bits per heavy atom. The first-order valence-corrected chi connectivity index (χ1v) is 9.22. The number of fused-ring (bicyclic) bond motifs is 1. The van der Waals surface area contributed by atoms with Crippen LogP contribution in [0.1, 0.15) is 31.2 Å². The zero-order valence-corrected chi connectivity index (χ0v) is 15.2. The number of para-hydroxylation sites is 1. The lowest BCUT2D eigenvalue weighted by molar-refractivity contribution is -0.122. The Bertz CT molecular complexity index is 978. The molecular weight excluding hydrogens is 352 g/mol. The number of aromatic amines is 1. The number of hydrogen-bond donors (Lipinski definition) is 2. The Kier molecular flexibility index (Phi) is 4.15. The number of carbonyl (C=O) groups is 2. The van der Waals surface area contributed by atoms with Crippen LogP contribution in [0.2, 0.25) is 0 Å². The average molecular weight is 370 g/mol.